The number of carbonyl (C=O) groups is 1. The zero-order chi connectivity index (χ0) is 12.3. The molecule has 0 heterocycles. The zero-order valence-corrected chi connectivity index (χ0v) is 10.0. The van der Waals surface area contributed by atoms with Crippen molar-refractivity contribution in [2.24, 2.45) is 0 Å². The van der Waals surface area contributed by atoms with Gasteiger partial charge in [-0.15, -0.1) is 0 Å². The monoisotopic (exact) mass is 223 g/mol. The average molecular weight is 223 g/mol. The molecule has 0 atom stereocenters. The molecule has 1 N–H and O–H groups in total. The topological polar surface area (TPSA) is 49.8 Å². The molecule has 88 valence electrons. The minimum atomic E-state index is -0.972. The highest BCUT2D eigenvalue weighted by atomic mass is 16.5. The van der Waals surface area contributed by atoms with Gasteiger partial charge in [0.1, 0.15) is 5.75 Å². The number of methoxy groups -OCH3 is 1. The standard InChI is InChI=1S/C12H17NO3/c1-8(2)10-7-9(13(3)12(14)15)5-6-11(10)16-4/h5-8H,1-4H3,(H,14,15). The largest absolute Gasteiger partial charge is 0.496 e. The van der Waals surface area contributed by atoms with Gasteiger partial charge in [-0.2, -0.15) is 0 Å². The fraction of sp³-hybridized carbons (Fsp3) is 0.417. The van der Waals surface area contributed by atoms with E-state index in [2.05, 4.69) is 0 Å². The maximum atomic E-state index is 10.8. The summed E-state index contributed by atoms with van der Waals surface area (Å²) in [5, 5.41) is 8.89. The Hall–Kier alpha value is -1.71. The molecule has 16 heavy (non-hydrogen) atoms. The second kappa shape index (κ2) is 4.88. The van der Waals surface area contributed by atoms with Gasteiger partial charge >= 0.3 is 6.09 Å². The molecule has 0 bridgehead atoms. The highest BCUT2D eigenvalue weighted by Crippen LogP contribution is 2.30. The van der Waals surface area contributed by atoms with Gasteiger partial charge in [0.05, 0.1) is 7.11 Å². The van der Waals surface area contributed by atoms with Crippen molar-refractivity contribution in [1.29, 1.82) is 0 Å². The van der Waals surface area contributed by atoms with Crippen LogP contribution in [0.5, 0.6) is 5.75 Å². The van der Waals surface area contributed by atoms with Crippen LogP contribution in [0.25, 0.3) is 0 Å². The molecule has 0 fully saturated rings. The van der Waals surface area contributed by atoms with Crippen LogP contribution in [0.3, 0.4) is 0 Å². The molecule has 0 aromatic heterocycles. The van der Waals surface area contributed by atoms with Crippen LogP contribution in [0.1, 0.15) is 25.3 Å². The number of benzene rings is 1. The summed E-state index contributed by atoms with van der Waals surface area (Å²) in [5.41, 5.74) is 1.66. The van der Waals surface area contributed by atoms with Crippen LogP contribution < -0.4 is 9.64 Å². The van der Waals surface area contributed by atoms with E-state index in [0.29, 0.717) is 5.69 Å². The molecule has 0 aliphatic carbocycles. The van der Waals surface area contributed by atoms with Gasteiger partial charge in [0.2, 0.25) is 0 Å². The molecule has 1 amide bonds. The molecule has 1 aromatic rings. The highest BCUT2D eigenvalue weighted by molar-refractivity contribution is 5.85. The molecule has 0 saturated carbocycles. The molecule has 1 rings (SSSR count). The lowest BCUT2D eigenvalue weighted by atomic mass is 10.0. The lowest BCUT2D eigenvalue weighted by Crippen LogP contribution is -2.23. The van der Waals surface area contributed by atoms with E-state index in [0.717, 1.165) is 11.3 Å². The Balaban J connectivity index is 3.16. The van der Waals surface area contributed by atoms with Gasteiger partial charge in [0.15, 0.2) is 0 Å². The number of nitrogens with zero attached hydrogens (tertiary/aromatic N) is 1. The van der Waals surface area contributed by atoms with Crippen molar-refractivity contribution < 1.29 is 14.6 Å². The first-order valence-electron chi connectivity index (χ1n) is 5.12. The highest BCUT2D eigenvalue weighted by Gasteiger charge is 2.13. The molecule has 0 saturated heterocycles. The number of hydrogen-bond donors (Lipinski definition) is 1. The summed E-state index contributed by atoms with van der Waals surface area (Å²) in [7, 11) is 3.13. The van der Waals surface area contributed by atoms with Gasteiger partial charge in [0, 0.05) is 12.7 Å². The van der Waals surface area contributed by atoms with Crippen molar-refractivity contribution in [2.45, 2.75) is 19.8 Å². The first kappa shape index (κ1) is 12.4. The van der Waals surface area contributed by atoms with Crippen LogP contribution in [-0.4, -0.2) is 25.4 Å². The van der Waals surface area contributed by atoms with Crippen LogP contribution >= 0.6 is 0 Å². The summed E-state index contributed by atoms with van der Waals surface area (Å²) in [6.45, 7) is 4.09. The second-order valence-electron chi connectivity index (χ2n) is 3.92. The molecule has 0 aliphatic heterocycles. The first-order chi connectivity index (χ1) is 7.47. The Morgan fingerprint density at radius 2 is 2.06 bits per heavy atom. The SMILES string of the molecule is COc1ccc(N(C)C(=O)O)cc1C(C)C. The van der Waals surface area contributed by atoms with Crippen molar-refractivity contribution in [3.8, 4) is 5.75 Å². The Morgan fingerprint density at radius 1 is 1.44 bits per heavy atom. The van der Waals surface area contributed by atoms with Gasteiger partial charge in [-0.05, 0) is 29.7 Å². The fourth-order valence-corrected chi connectivity index (χ4v) is 1.49. The van der Waals surface area contributed by atoms with Crippen molar-refractivity contribution in [1.82, 2.24) is 0 Å². The number of amides is 1. The Bertz CT molecular complexity index is 388. The van der Waals surface area contributed by atoms with E-state index in [1.807, 2.05) is 19.9 Å². The summed E-state index contributed by atoms with van der Waals surface area (Å²) in [6, 6.07) is 5.38. The van der Waals surface area contributed by atoms with Crippen molar-refractivity contribution in [3.63, 3.8) is 0 Å². The van der Waals surface area contributed by atoms with Crippen LogP contribution in [0, 0.1) is 0 Å². The minimum absolute atomic E-state index is 0.289. The van der Waals surface area contributed by atoms with Gasteiger partial charge in [0.25, 0.3) is 0 Å². The predicted octanol–water partition coefficient (Wildman–Crippen LogP) is 2.93. The molecule has 0 radical (unpaired) electrons. The van der Waals surface area contributed by atoms with E-state index in [-0.39, 0.29) is 5.92 Å². The Kier molecular flexibility index (Phi) is 3.77. The third-order valence-corrected chi connectivity index (χ3v) is 2.51. The summed E-state index contributed by atoms with van der Waals surface area (Å²) < 4.78 is 5.24. The van der Waals surface area contributed by atoms with Crippen LogP contribution in [0.15, 0.2) is 18.2 Å². The third kappa shape index (κ3) is 2.45. The number of carboxylic acid groups (broad SMARTS) is 1. The second-order valence-corrected chi connectivity index (χ2v) is 3.92. The van der Waals surface area contributed by atoms with Crippen molar-refractivity contribution in [2.75, 3.05) is 19.1 Å². The van der Waals surface area contributed by atoms with E-state index in [1.165, 1.54) is 11.9 Å². The molecule has 0 unspecified atom stereocenters. The maximum absolute atomic E-state index is 10.8. The lowest BCUT2D eigenvalue weighted by molar-refractivity contribution is 0.203. The molecule has 4 nitrogen and oxygen atoms in total. The normalized spacial score (nSPS) is 10.3. The van der Waals surface area contributed by atoms with Gasteiger partial charge in [-0.1, -0.05) is 13.8 Å². The van der Waals surface area contributed by atoms with Crippen LogP contribution in [-0.2, 0) is 0 Å². The number of anilines is 1. The smallest absolute Gasteiger partial charge is 0.411 e. The molecule has 1 aromatic carbocycles. The van der Waals surface area contributed by atoms with Crippen molar-refractivity contribution in [3.05, 3.63) is 23.8 Å². The van der Waals surface area contributed by atoms with E-state index < -0.39 is 6.09 Å². The molecule has 0 spiro atoms. The molecular weight excluding hydrogens is 206 g/mol. The number of ether oxygens (including phenoxy) is 1. The van der Waals surface area contributed by atoms with Crippen LogP contribution in [0.4, 0.5) is 10.5 Å². The Morgan fingerprint density at radius 3 is 2.50 bits per heavy atom. The van der Waals surface area contributed by atoms with Gasteiger partial charge in [-0.3, -0.25) is 4.90 Å². The molecule has 4 heteroatoms. The summed E-state index contributed by atoms with van der Waals surface area (Å²) in [6.07, 6.45) is -0.972. The summed E-state index contributed by atoms with van der Waals surface area (Å²) in [5.74, 6) is 1.08. The van der Waals surface area contributed by atoms with E-state index in [9.17, 15) is 4.79 Å². The Labute approximate surface area is 95.5 Å². The summed E-state index contributed by atoms with van der Waals surface area (Å²) in [4.78, 5) is 12.0. The lowest BCUT2D eigenvalue weighted by Gasteiger charge is -2.17. The molecular formula is C12H17NO3. The maximum Gasteiger partial charge on any atom is 0.411 e. The van der Waals surface area contributed by atoms with Crippen molar-refractivity contribution >= 4 is 11.8 Å². The van der Waals surface area contributed by atoms with E-state index in [4.69, 9.17) is 9.84 Å². The average Bonchev–Trinajstić information content (AvgIpc) is 2.26. The summed E-state index contributed by atoms with van der Waals surface area (Å²) >= 11 is 0. The van der Waals surface area contributed by atoms with Gasteiger partial charge < -0.3 is 9.84 Å². The quantitative estimate of drug-likeness (QED) is 0.857. The minimum Gasteiger partial charge on any atom is -0.496 e. The zero-order valence-electron chi connectivity index (χ0n) is 10.0. The number of rotatable bonds is 3. The van der Waals surface area contributed by atoms with E-state index in [1.54, 1.807) is 19.2 Å². The number of hydrogen-bond acceptors (Lipinski definition) is 2. The fourth-order valence-electron chi connectivity index (χ4n) is 1.49. The van der Waals surface area contributed by atoms with Crippen LogP contribution in [0.2, 0.25) is 0 Å². The molecule has 0 aliphatic rings. The first-order valence-corrected chi connectivity index (χ1v) is 5.12. The van der Waals surface area contributed by atoms with E-state index >= 15 is 0 Å². The predicted molar refractivity (Wildman–Crippen MR) is 63.5 cm³/mol. The van der Waals surface area contributed by atoms with Gasteiger partial charge in [-0.25, -0.2) is 4.79 Å². The third-order valence-electron chi connectivity index (χ3n) is 2.51.